The van der Waals surface area contributed by atoms with Crippen molar-refractivity contribution < 1.29 is 14.3 Å². The fourth-order valence-electron chi connectivity index (χ4n) is 3.25. The molecule has 0 atom stereocenters. The van der Waals surface area contributed by atoms with E-state index in [1.165, 1.54) is 0 Å². The van der Waals surface area contributed by atoms with Gasteiger partial charge in [0.2, 0.25) is 0 Å². The molecule has 0 spiro atoms. The molecule has 0 aromatic carbocycles. The quantitative estimate of drug-likeness (QED) is 0.675. The van der Waals surface area contributed by atoms with Crippen molar-refractivity contribution >= 4 is 12.1 Å². The minimum Gasteiger partial charge on any atom is -0.450 e. The molecule has 2 aliphatic rings. The van der Waals surface area contributed by atoms with Crippen molar-refractivity contribution in [1.29, 1.82) is 0 Å². The van der Waals surface area contributed by atoms with E-state index < -0.39 is 0 Å². The van der Waals surface area contributed by atoms with Gasteiger partial charge in [0.05, 0.1) is 6.61 Å². The second-order valence-corrected chi connectivity index (χ2v) is 6.49. The molecule has 0 N–H and O–H groups in total. The zero-order valence-electron chi connectivity index (χ0n) is 15.2. The fourth-order valence-corrected chi connectivity index (χ4v) is 3.25. The van der Waals surface area contributed by atoms with Gasteiger partial charge >= 0.3 is 12.1 Å². The SMILES string of the molecule is CCCCN1CCN(CCCN2CCN(C(=O)OCC)CC2)C1=O. The molecular formula is C17H32N4O3. The average molecular weight is 340 g/mol. The number of nitrogens with zero attached hydrogens (tertiary/aromatic N) is 4. The summed E-state index contributed by atoms with van der Waals surface area (Å²) in [7, 11) is 0. The summed E-state index contributed by atoms with van der Waals surface area (Å²) in [6, 6.07) is 0.204. The second-order valence-electron chi connectivity index (χ2n) is 6.49. The van der Waals surface area contributed by atoms with E-state index in [-0.39, 0.29) is 12.1 Å². The molecule has 0 aliphatic carbocycles. The van der Waals surface area contributed by atoms with E-state index in [4.69, 9.17) is 4.74 Å². The summed E-state index contributed by atoms with van der Waals surface area (Å²) in [5.41, 5.74) is 0. The summed E-state index contributed by atoms with van der Waals surface area (Å²) < 4.78 is 5.03. The number of urea groups is 1. The number of carbonyl (C=O) groups is 2. The molecular weight excluding hydrogens is 308 g/mol. The molecule has 138 valence electrons. The van der Waals surface area contributed by atoms with Crippen LogP contribution < -0.4 is 0 Å². The Hall–Kier alpha value is -1.50. The van der Waals surface area contributed by atoms with Crippen LogP contribution in [0.4, 0.5) is 9.59 Å². The number of rotatable bonds is 8. The first-order chi connectivity index (χ1) is 11.7. The molecule has 2 fully saturated rings. The Morgan fingerprint density at radius 3 is 2.12 bits per heavy atom. The van der Waals surface area contributed by atoms with Gasteiger partial charge in [0, 0.05) is 52.4 Å². The van der Waals surface area contributed by atoms with Gasteiger partial charge in [0.25, 0.3) is 0 Å². The smallest absolute Gasteiger partial charge is 0.409 e. The Bertz CT molecular complexity index is 411. The molecule has 2 rings (SSSR count). The minimum atomic E-state index is -0.202. The van der Waals surface area contributed by atoms with Crippen LogP contribution in [0.1, 0.15) is 33.1 Å². The first-order valence-corrected chi connectivity index (χ1v) is 9.33. The van der Waals surface area contributed by atoms with Gasteiger partial charge in [0.15, 0.2) is 0 Å². The van der Waals surface area contributed by atoms with Crippen LogP contribution in [-0.2, 0) is 4.74 Å². The molecule has 7 heteroatoms. The summed E-state index contributed by atoms with van der Waals surface area (Å²) in [6.07, 6.45) is 3.01. The van der Waals surface area contributed by atoms with Gasteiger partial charge in [-0.3, -0.25) is 4.90 Å². The molecule has 2 aliphatic heterocycles. The highest BCUT2D eigenvalue weighted by atomic mass is 16.6. The number of hydrogen-bond acceptors (Lipinski definition) is 4. The Morgan fingerprint density at radius 2 is 1.54 bits per heavy atom. The first-order valence-electron chi connectivity index (χ1n) is 9.33. The van der Waals surface area contributed by atoms with Crippen LogP contribution in [0.2, 0.25) is 0 Å². The Labute approximate surface area is 145 Å². The lowest BCUT2D eigenvalue weighted by Gasteiger charge is -2.34. The highest BCUT2D eigenvalue weighted by molar-refractivity contribution is 5.76. The Balaban J connectivity index is 1.60. The molecule has 24 heavy (non-hydrogen) atoms. The van der Waals surface area contributed by atoms with E-state index in [1.807, 2.05) is 16.7 Å². The largest absolute Gasteiger partial charge is 0.450 e. The molecule has 0 aromatic heterocycles. The molecule has 7 nitrogen and oxygen atoms in total. The van der Waals surface area contributed by atoms with Gasteiger partial charge in [-0.05, 0) is 26.3 Å². The topological polar surface area (TPSA) is 56.3 Å². The zero-order valence-corrected chi connectivity index (χ0v) is 15.2. The highest BCUT2D eigenvalue weighted by Crippen LogP contribution is 2.11. The molecule has 0 aromatic rings. The number of hydrogen-bond donors (Lipinski definition) is 0. The summed E-state index contributed by atoms with van der Waals surface area (Å²) in [5, 5.41) is 0. The third-order valence-corrected chi connectivity index (χ3v) is 4.76. The standard InChI is InChI=1S/C17H32N4O3/c1-3-5-8-19-14-15-20(16(19)22)9-6-7-18-10-12-21(13-11-18)17(23)24-4-2/h3-15H2,1-2H3. The second kappa shape index (κ2) is 9.71. The number of unbranched alkanes of at least 4 members (excludes halogenated alkanes) is 1. The van der Waals surface area contributed by atoms with Crippen LogP contribution in [-0.4, -0.2) is 97.2 Å². The molecule has 0 bridgehead atoms. The molecule has 0 unspecified atom stereocenters. The van der Waals surface area contributed by atoms with Gasteiger partial charge in [-0.15, -0.1) is 0 Å². The number of amides is 3. The van der Waals surface area contributed by atoms with E-state index in [0.29, 0.717) is 6.61 Å². The van der Waals surface area contributed by atoms with E-state index in [0.717, 1.165) is 78.2 Å². The maximum Gasteiger partial charge on any atom is 0.409 e. The lowest BCUT2D eigenvalue weighted by Crippen LogP contribution is -2.49. The summed E-state index contributed by atoms with van der Waals surface area (Å²) in [5.74, 6) is 0. The lowest BCUT2D eigenvalue weighted by molar-refractivity contribution is 0.0787. The normalized spacial score (nSPS) is 19.2. The van der Waals surface area contributed by atoms with Gasteiger partial charge < -0.3 is 19.4 Å². The molecule has 0 radical (unpaired) electrons. The van der Waals surface area contributed by atoms with Crippen LogP contribution in [0.3, 0.4) is 0 Å². The van der Waals surface area contributed by atoms with Crippen LogP contribution in [0.25, 0.3) is 0 Å². The summed E-state index contributed by atoms with van der Waals surface area (Å²) in [6.45, 7) is 12.1. The Morgan fingerprint density at radius 1 is 0.917 bits per heavy atom. The van der Waals surface area contributed by atoms with Crippen molar-refractivity contribution in [3.8, 4) is 0 Å². The summed E-state index contributed by atoms with van der Waals surface area (Å²) >= 11 is 0. The van der Waals surface area contributed by atoms with Crippen LogP contribution in [0.5, 0.6) is 0 Å². The number of ether oxygens (including phenoxy) is 1. The fraction of sp³-hybridized carbons (Fsp3) is 0.882. The van der Waals surface area contributed by atoms with Crippen molar-refractivity contribution in [3.05, 3.63) is 0 Å². The molecule has 3 amide bonds. The predicted molar refractivity (Wildman–Crippen MR) is 93.1 cm³/mol. The van der Waals surface area contributed by atoms with Gasteiger partial charge in [-0.25, -0.2) is 9.59 Å². The number of carbonyl (C=O) groups excluding carboxylic acids is 2. The lowest BCUT2D eigenvalue weighted by atomic mass is 10.3. The van der Waals surface area contributed by atoms with E-state index in [2.05, 4.69) is 11.8 Å². The van der Waals surface area contributed by atoms with Crippen LogP contribution in [0, 0.1) is 0 Å². The van der Waals surface area contributed by atoms with Crippen molar-refractivity contribution in [1.82, 2.24) is 19.6 Å². The van der Waals surface area contributed by atoms with E-state index in [1.54, 1.807) is 4.90 Å². The van der Waals surface area contributed by atoms with Crippen LogP contribution in [0.15, 0.2) is 0 Å². The number of piperazine rings is 1. The van der Waals surface area contributed by atoms with Crippen molar-refractivity contribution in [2.45, 2.75) is 33.1 Å². The molecule has 0 saturated carbocycles. The van der Waals surface area contributed by atoms with Crippen molar-refractivity contribution in [3.63, 3.8) is 0 Å². The van der Waals surface area contributed by atoms with E-state index >= 15 is 0 Å². The monoisotopic (exact) mass is 340 g/mol. The third kappa shape index (κ3) is 5.26. The van der Waals surface area contributed by atoms with Gasteiger partial charge in [-0.1, -0.05) is 13.3 Å². The average Bonchev–Trinajstić information content (AvgIpc) is 2.94. The summed E-state index contributed by atoms with van der Waals surface area (Å²) in [4.78, 5) is 32.0. The maximum absolute atomic E-state index is 12.3. The third-order valence-electron chi connectivity index (χ3n) is 4.76. The van der Waals surface area contributed by atoms with Crippen molar-refractivity contribution in [2.75, 3.05) is 65.5 Å². The maximum atomic E-state index is 12.3. The van der Waals surface area contributed by atoms with E-state index in [9.17, 15) is 9.59 Å². The molecule has 2 saturated heterocycles. The van der Waals surface area contributed by atoms with Gasteiger partial charge in [0.1, 0.15) is 0 Å². The zero-order chi connectivity index (χ0) is 17.4. The van der Waals surface area contributed by atoms with Crippen LogP contribution >= 0.6 is 0 Å². The Kier molecular flexibility index (Phi) is 7.62. The van der Waals surface area contributed by atoms with Gasteiger partial charge in [-0.2, -0.15) is 0 Å². The molecule has 2 heterocycles. The highest BCUT2D eigenvalue weighted by Gasteiger charge is 2.27. The predicted octanol–water partition coefficient (Wildman–Crippen LogP) is 1.69. The van der Waals surface area contributed by atoms with Crippen molar-refractivity contribution in [2.24, 2.45) is 0 Å². The first kappa shape index (κ1) is 18.8. The minimum absolute atomic E-state index is 0.202.